The third-order valence-corrected chi connectivity index (χ3v) is 6.39. The molecule has 8 nitrogen and oxygen atoms in total. The Hall–Kier alpha value is -3.25. The molecule has 1 amide bonds. The standard InChI is InChI=1S/C20H25N5OS.C2HF3O2/c1-12-6-8-15(9-7-12)19-22-13(2)18(27-19)14(3)24(4)20(26)17-10-16(11-21)23-25(17)5;3-2(4,5)1(6)7/h6-10,14H,11,21H2,1-5H3;(H,6,7). The van der Waals surface area contributed by atoms with Crippen molar-refractivity contribution in [3.05, 3.63) is 57.9 Å². The lowest BCUT2D eigenvalue weighted by Gasteiger charge is -2.24. The Morgan fingerprint density at radius 3 is 2.26 bits per heavy atom. The molecule has 34 heavy (non-hydrogen) atoms. The highest BCUT2D eigenvalue weighted by Gasteiger charge is 2.38. The molecule has 0 bridgehead atoms. The largest absolute Gasteiger partial charge is 0.490 e. The average molecular weight is 498 g/mol. The summed E-state index contributed by atoms with van der Waals surface area (Å²) < 4.78 is 33.3. The number of aryl methyl sites for hydroxylation is 3. The lowest BCUT2D eigenvalue weighted by atomic mass is 10.1. The van der Waals surface area contributed by atoms with E-state index in [2.05, 4.69) is 36.3 Å². The number of alkyl halides is 3. The zero-order valence-corrected chi connectivity index (χ0v) is 20.2. The zero-order chi connectivity index (χ0) is 25.8. The zero-order valence-electron chi connectivity index (χ0n) is 19.3. The number of nitrogens with zero attached hydrogens (tertiary/aromatic N) is 4. The molecule has 0 radical (unpaired) electrons. The van der Waals surface area contributed by atoms with Crippen molar-refractivity contribution in [1.29, 1.82) is 0 Å². The number of benzene rings is 1. The molecule has 2 aromatic heterocycles. The summed E-state index contributed by atoms with van der Waals surface area (Å²) in [6.07, 6.45) is -5.08. The highest BCUT2D eigenvalue weighted by molar-refractivity contribution is 7.15. The SMILES string of the molecule is Cc1ccc(-c2nc(C)c(C(C)N(C)C(=O)c3cc(CN)nn3C)s2)cc1.O=C(O)C(F)(F)F. The van der Waals surface area contributed by atoms with Crippen molar-refractivity contribution in [2.24, 2.45) is 12.8 Å². The molecule has 1 unspecified atom stereocenters. The van der Waals surface area contributed by atoms with E-state index in [1.807, 2.05) is 20.9 Å². The highest BCUT2D eigenvalue weighted by atomic mass is 32.1. The number of halogens is 3. The summed E-state index contributed by atoms with van der Waals surface area (Å²) in [5.74, 6) is -2.84. The van der Waals surface area contributed by atoms with Crippen molar-refractivity contribution in [2.75, 3.05) is 7.05 Å². The van der Waals surface area contributed by atoms with Gasteiger partial charge >= 0.3 is 12.1 Å². The van der Waals surface area contributed by atoms with Gasteiger partial charge in [-0.2, -0.15) is 18.3 Å². The second kappa shape index (κ2) is 10.8. The fourth-order valence-corrected chi connectivity index (χ4v) is 4.14. The van der Waals surface area contributed by atoms with Gasteiger partial charge in [-0.3, -0.25) is 9.48 Å². The first-order chi connectivity index (χ1) is 15.8. The number of carbonyl (C=O) groups excluding carboxylic acids is 1. The Morgan fingerprint density at radius 1 is 1.24 bits per heavy atom. The Kier molecular flexibility index (Phi) is 8.56. The molecular weight excluding hydrogens is 471 g/mol. The van der Waals surface area contributed by atoms with Gasteiger partial charge < -0.3 is 15.7 Å². The minimum Gasteiger partial charge on any atom is -0.475 e. The number of carbonyl (C=O) groups is 2. The highest BCUT2D eigenvalue weighted by Crippen LogP contribution is 2.34. The van der Waals surface area contributed by atoms with Gasteiger partial charge in [0.1, 0.15) is 10.7 Å². The minimum absolute atomic E-state index is 0.0816. The smallest absolute Gasteiger partial charge is 0.475 e. The normalized spacial score (nSPS) is 12.0. The van der Waals surface area contributed by atoms with E-state index in [0.29, 0.717) is 17.9 Å². The van der Waals surface area contributed by atoms with Crippen LogP contribution in [0, 0.1) is 13.8 Å². The van der Waals surface area contributed by atoms with E-state index in [1.54, 1.807) is 34.0 Å². The number of aromatic nitrogens is 3. The van der Waals surface area contributed by atoms with Gasteiger partial charge in [0.2, 0.25) is 0 Å². The van der Waals surface area contributed by atoms with E-state index in [0.717, 1.165) is 21.1 Å². The minimum atomic E-state index is -5.08. The van der Waals surface area contributed by atoms with Crippen molar-refractivity contribution in [3.8, 4) is 10.6 Å². The first-order valence-corrected chi connectivity index (χ1v) is 10.9. The van der Waals surface area contributed by atoms with Crippen LogP contribution in [0.3, 0.4) is 0 Å². The number of nitrogens with two attached hydrogens (primary N) is 1. The third kappa shape index (κ3) is 6.41. The number of aliphatic carboxylic acids is 1. The van der Waals surface area contributed by atoms with Crippen LogP contribution in [0.5, 0.6) is 0 Å². The van der Waals surface area contributed by atoms with Crippen LogP contribution in [0.1, 0.15) is 45.3 Å². The van der Waals surface area contributed by atoms with E-state index in [9.17, 15) is 18.0 Å². The molecule has 0 aliphatic heterocycles. The van der Waals surface area contributed by atoms with Crippen molar-refractivity contribution in [2.45, 2.75) is 39.5 Å². The summed E-state index contributed by atoms with van der Waals surface area (Å²) in [6, 6.07) is 10.0. The van der Waals surface area contributed by atoms with Crippen LogP contribution in [-0.4, -0.2) is 49.9 Å². The number of hydrogen-bond acceptors (Lipinski definition) is 6. The lowest BCUT2D eigenvalue weighted by molar-refractivity contribution is -0.192. The van der Waals surface area contributed by atoms with Gasteiger partial charge in [-0.25, -0.2) is 9.78 Å². The molecule has 1 atom stereocenters. The van der Waals surface area contributed by atoms with E-state index < -0.39 is 12.1 Å². The van der Waals surface area contributed by atoms with Gasteiger partial charge in [-0.05, 0) is 26.8 Å². The maximum atomic E-state index is 12.9. The third-order valence-electron chi connectivity index (χ3n) is 5.01. The van der Waals surface area contributed by atoms with Crippen molar-refractivity contribution in [3.63, 3.8) is 0 Å². The molecular formula is C22H26F3N5O3S. The predicted octanol–water partition coefficient (Wildman–Crippen LogP) is 4.09. The van der Waals surface area contributed by atoms with E-state index in [4.69, 9.17) is 20.6 Å². The molecule has 3 rings (SSSR count). The summed E-state index contributed by atoms with van der Waals surface area (Å²) in [5, 5.41) is 12.4. The van der Waals surface area contributed by atoms with Gasteiger partial charge in [-0.1, -0.05) is 29.8 Å². The van der Waals surface area contributed by atoms with E-state index >= 15 is 0 Å². The molecule has 12 heteroatoms. The van der Waals surface area contributed by atoms with Crippen LogP contribution < -0.4 is 5.73 Å². The van der Waals surface area contributed by atoms with E-state index in [1.165, 1.54) is 5.56 Å². The fourth-order valence-electron chi connectivity index (χ4n) is 2.97. The first kappa shape index (κ1) is 27.0. The van der Waals surface area contributed by atoms with Gasteiger partial charge in [-0.15, -0.1) is 11.3 Å². The van der Waals surface area contributed by atoms with Crippen molar-refractivity contribution >= 4 is 23.2 Å². The van der Waals surface area contributed by atoms with Crippen LogP contribution in [0.25, 0.3) is 10.6 Å². The van der Waals surface area contributed by atoms with Crippen LogP contribution in [0.4, 0.5) is 13.2 Å². The summed E-state index contributed by atoms with van der Waals surface area (Å²) in [5.41, 5.74) is 10.2. The number of amides is 1. The Labute approximate surface area is 198 Å². The molecule has 0 aliphatic rings. The van der Waals surface area contributed by atoms with Gasteiger partial charge in [0.05, 0.1) is 22.3 Å². The van der Waals surface area contributed by atoms with E-state index in [-0.39, 0.29) is 11.9 Å². The predicted molar refractivity (Wildman–Crippen MR) is 122 cm³/mol. The number of thiazole rings is 1. The Balaban J connectivity index is 0.000000509. The molecule has 0 fully saturated rings. The summed E-state index contributed by atoms with van der Waals surface area (Å²) in [4.78, 5) is 29.4. The van der Waals surface area contributed by atoms with Gasteiger partial charge in [0, 0.05) is 26.2 Å². The Bertz CT molecular complexity index is 1160. The number of hydrogen-bond donors (Lipinski definition) is 2. The lowest BCUT2D eigenvalue weighted by Crippen LogP contribution is -2.31. The average Bonchev–Trinajstić information content (AvgIpc) is 3.34. The quantitative estimate of drug-likeness (QED) is 0.549. The molecule has 0 spiro atoms. The summed E-state index contributed by atoms with van der Waals surface area (Å²) in [7, 11) is 3.57. The molecule has 0 saturated carbocycles. The molecule has 3 aromatic rings. The molecule has 3 N–H and O–H groups in total. The molecule has 0 saturated heterocycles. The topological polar surface area (TPSA) is 114 Å². The first-order valence-electron chi connectivity index (χ1n) is 10.1. The monoisotopic (exact) mass is 497 g/mol. The number of carboxylic acids is 1. The molecule has 2 heterocycles. The van der Waals surface area contributed by atoms with Crippen LogP contribution in [0.2, 0.25) is 0 Å². The summed E-state index contributed by atoms with van der Waals surface area (Å²) >= 11 is 1.63. The maximum Gasteiger partial charge on any atom is 0.490 e. The number of carboxylic acid groups (broad SMARTS) is 1. The maximum absolute atomic E-state index is 12.9. The second-order valence-electron chi connectivity index (χ2n) is 7.58. The number of rotatable bonds is 5. The molecule has 1 aromatic carbocycles. The van der Waals surface area contributed by atoms with Gasteiger partial charge in [0.15, 0.2) is 0 Å². The fraction of sp³-hybridized carbons (Fsp3) is 0.364. The summed E-state index contributed by atoms with van der Waals surface area (Å²) in [6.45, 7) is 6.40. The Morgan fingerprint density at radius 2 is 1.79 bits per heavy atom. The van der Waals surface area contributed by atoms with Crippen molar-refractivity contribution < 1.29 is 27.9 Å². The van der Waals surface area contributed by atoms with Crippen LogP contribution >= 0.6 is 11.3 Å². The second-order valence-corrected chi connectivity index (χ2v) is 8.61. The van der Waals surface area contributed by atoms with Crippen LogP contribution in [-0.2, 0) is 18.4 Å². The van der Waals surface area contributed by atoms with Crippen molar-refractivity contribution in [1.82, 2.24) is 19.7 Å². The van der Waals surface area contributed by atoms with Crippen LogP contribution in [0.15, 0.2) is 30.3 Å². The van der Waals surface area contributed by atoms with Gasteiger partial charge in [0.25, 0.3) is 5.91 Å². The molecule has 184 valence electrons. The molecule has 0 aliphatic carbocycles.